The van der Waals surface area contributed by atoms with Crippen LogP contribution in [0, 0.1) is 0 Å². The lowest BCUT2D eigenvalue weighted by molar-refractivity contribution is -0.172. The summed E-state index contributed by atoms with van der Waals surface area (Å²) in [5.41, 5.74) is -0.0656. The van der Waals surface area contributed by atoms with Crippen molar-refractivity contribution in [2.45, 2.75) is 12.8 Å². The molecule has 0 aromatic carbocycles. The Bertz CT molecular complexity index is 531. The van der Waals surface area contributed by atoms with Gasteiger partial charge in [-0.2, -0.15) is 0 Å². The smallest absolute Gasteiger partial charge is 0.325 e. The standard InChI is InChI=1S/C10H6Cl2N2O4/c11-6-4-13-7(12)3-5(6)10(17)18-14-8(15)1-2-9(14)16/h3-4H,1-2H2. The fourth-order valence-electron chi connectivity index (χ4n) is 1.36. The molecule has 18 heavy (non-hydrogen) atoms. The van der Waals surface area contributed by atoms with Crippen LogP contribution in [0.5, 0.6) is 0 Å². The van der Waals surface area contributed by atoms with Gasteiger partial charge < -0.3 is 4.84 Å². The molecule has 0 saturated carbocycles. The van der Waals surface area contributed by atoms with E-state index < -0.39 is 17.8 Å². The van der Waals surface area contributed by atoms with E-state index in [2.05, 4.69) is 9.82 Å². The maximum absolute atomic E-state index is 11.7. The molecule has 1 fully saturated rings. The Balaban J connectivity index is 2.19. The van der Waals surface area contributed by atoms with Crippen molar-refractivity contribution in [2.75, 3.05) is 0 Å². The maximum Gasteiger partial charge on any atom is 0.365 e. The summed E-state index contributed by atoms with van der Waals surface area (Å²) < 4.78 is 0. The normalized spacial score (nSPS) is 15.1. The Hall–Kier alpha value is -1.66. The number of halogens is 2. The van der Waals surface area contributed by atoms with Crippen LogP contribution in [0.2, 0.25) is 10.2 Å². The second-order valence-corrected chi connectivity index (χ2v) is 4.24. The Labute approximate surface area is 111 Å². The molecule has 1 aliphatic rings. The average Bonchev–Trinajstić information content (AvgIpc) is 2.64. The lowest BCUT2D eigenvalue weighted by atomic mass is 10.3. The minimum absolute atomic E-state index is 0.0171. The van der Waals surface area contributed by atoms with E-state index in [1.165, 1.54) is 12.3 Å². The molecule has 1 aromatic rings. The third-order valence-corrected chi connectivity index (χ3v) is 2.73. The van der Waals surface area contributed by atoms with Gasteiger partial charge >= 0.3 is 5.97 Å². The van der Waals surface area contributed by atoms with Crippen LogP contribution in [0.25, 0.3) is 0 Å². The zero-order valence-corrected chi connectivity index (χ0v) is 10.4. The summed E-state index contributed by atoms with van der Waals surface area (Å²) in [5.74, 6) is -2.07. The molecular weight excluding hydrogens is 283 g/mol. The van der Waals surface area contributed by atoms with Crippen LogP contribution in [0.3, 0.4) is 0 Å². The summed E-state index contributed by atoms with van der Waals surface area (Å²) in [6.45, 7) is 0. The predicted octanol–water partition coefficient (Wildman–Crippen LogP) is 1.61. The molecule has 94 valence electrons. The van der Waals surface area contributed by atoms with Crippen molar-refractivity contribution < 1.29 is 19.2 Å². The number of pyridine rings is 1. The topological polar surface area (TPSA) is 76.6 Å². The largest absolute Gasteiger partial charge is 0.365 e. The average molecular weight is 289 g/mol. The van der Waals surface area contributed by atoms with Crippen molar-refractivity contribution in [2.24, 2.45) is 0 Å². The lowest BCUT2D eigenvalue weighted by Gasteiger charge is -2.12. The molecule has 0 N–H and O–H groups in total. The quantitative estimate of drug-likeness (QED) is 0.610. The van der Waals surface area contributed by atoms with Crippen molar-refractivity contribution in [1.29, 1.82) is 0 Å². The van der Waals surface area contributed by atoms with Crippen LogP contribution in [0.1, 0.15) is 23.2 Å². The van der Waals surface area contributed by atoms with Crippen LogP contribution in [0.15, 0.2) is 12.3 Å². The highest BCUT2D eigenvalue weighted by Gasteiger charge is 2.33. The number of carbonyl (C=O) groups excluding carboxylic acids is 3. The van der Waals surface area contributed by atoms with E-state index in [0.29, 0.717) is 5.06 Å². The molecule has 0 radical (unpaired) electrons. The minimum atomic E-state index is -0.937. The second kappa shape index (κ2) is 4.91. The Kier molecular flexibility index (Phi) is 3.49. The fourth-order valence-corrected chi connectivity index (χ4v) is 1.70. The number of hydrogen-bond donors (Lipinski definition) is 0. The molecule has 2 rings (SSSR count). The first kappa shape index (κ1) is 12.8. The molecule has 2 amide bonds. The van der Waals surface area contributed by atoms with Crippen LogP contribution in [-0.2, 0) is 14.4 Å². The number of imide groups is 1. The molecule has 1 aliphatic heterocycles. The van der Waals surface area contributed by atoms with Gasteiger partial charge in [-0.1, -0.05) is 23.2 Å². The van der Waals surface area contributed by atoms with Gasteiger partial charge in [-0.25, -0.2) is 9.78 Å². The van der Waals surface area contributed by atoms with Crippen molar-refractivity contribution in [3.8, 4) is 0 Å². The van der Waals surface area contributed by atoms with Crippen LogP contribution in [-0.4, -0.2) is 27.8 Å². The number of aromatic nitrogens is 1. The highest BCUT2D eigenvalue weighted by atomic mass is 35.5. The molecule has 2 heterocycles. The van der Waals surface area contributed by atoms with E-state index in [1.54, 1.807) is 0 Å². The van der Waals surface area contributed by atoms with Crippen LogP contribution >= 0.6 is 23.2 Å². The number of rotatable bonds is 2. The predicted molar refractivity (Wildman–Crippen MR) is 60.8 cm³/mol. The van der Waals surface area contributed by atoms with Crippen LogP contribution < -0.4 is 0 Å². The molecule has 0 spiro atoms. The number of amides is 2. The van der Waals surface area contributed by atoms with Crippen LogP contribution in [0.4, 0.5) is 0 Å². The number of nitrogens with zero attached hydrogens (tertiary/aromatic N) is 2. The van der Waals surface area contributed by atoms with Crippen molar-refractivity contribution in [3.05, 3.63) is 28.0 Å². The first-order chi connectivity index (χ1) is 8.49. The highest BCUT2D eigenvalue weighted by Crippen LogP contribution is 2.21. The van der Waals surface area contributed by atoms with E-state index in [1.807, 2.05) is 0 Å². The fraction of sp³-hybridized carbons (Fsp3) is 0.200. The van der Waals surface area contributed by atoms with E-state index in [-0.39, 0.29) is 28.6 Å². The molecule has 8 heteroatoms. The molecule has 6 nitrogen and oxygen atoms in total. The summed E-state index contributed by atoms with van der Waals surface area (Å²) in [5, 5.41) is 0.501. The van der Waals surface area contributed by atoms with Gasteiger partial charge in [0.1, 0.15) is 5.15 Å². The molecule has 0 aliphatic carbocycles. The monoisotopic (exact) mass is 288 g/mol. The SMILES string of the molecule is O=C(ON1C(=O)CCC1=O)c1cc(Cl)ncc1Cl. The van der Waals surface area contributed by atoms with Gasteiger partial charge in [0, 0.05) is 19.0 Å². The summed E-state index contributed by atoms with van der Waals surface area (Å²) in [6.07, 6.45) is 1.22. The maximum atomic E-state index is 11.7. The van der Waals surface area contributed by atoms with Crippen molar-refractivity contribution in [3.63, 3.8) is 0 Å². The minimum Gasteiger partial charge on any atom is -0.325 e. The van der Waals surface area contributed by atoms with Gasteiger partial charge in [0.2, 0.25) is 0 Å². The molecule has 0 atom stereocenters. The summed E-state index contributed by atoms with van der Waals surface area (Å²) >= 11 is 11.3. The van der Waals surface area contributed by atoms with E-state index in [4.69, 9.17) is 23.2 Å². The van der Waals surface area contributed by atoms with Gasteiger partial charge in [-0.15, -0.1) is 5.06 Å². The first-order valence-corrected chi connectivity index (χ1v) is 5.64. The highest BCUT2D eigenvalue weighted by molar-refractivity contribution is 6.34. The molecular formula is C10H6Cl2N2O4. The summed E-state index contributed by atoms with van der Waals surface area (Å²) in [6, 6.07) is 1.19. The zero-order chi connectivity index (χ0) is 13.3. The Morgan fingerprint density at radius 2 is 1.89 bits per heavy atom. The van der Waals surface area contributed by atoms with Gasteiger partial charge in [-0.3, -0.25) is 9.59 Å². The zero-order valence-electron chi connectivity index (χ0n) is 8.85. The molecule has 1 saturated heterocycles. The van der Waals surface area contributed by atoms with Gasteiger partial charge in [0.15, 0.2) is 0 Å². The van der Waals surface area contributed by atoms with Crippen molar-refractivity contribution in [1.82, 2.24) is 10.0 Å². The molecule has 0 unspecified atom stereocenters. The third kappa shape index (κ3) is 2.44. The number of carbonyl (C=O) groups is 3. The van der Waals surface area contributed by atoms with Gasteiger partial charge in [-0.05, 0) is 6.07 Å². The Morgan fingerprint density at radius 3 is 2.50 bits per heavy atom. The van der Waals surface area contributed by atoms with Gasteiger partial charge in [0.05, 0.1) is 10.6 Å². The first-order valence-electron chi connectivity index (χ1n) is 4.88. The lowest BCUT2D eigenvalue weighted by Crippen LogP contribution is -2.32. The number of hydroxylamine groups is 2. The number of hydrogen-bond acceptors (Lipinski definition) is 5. The van der Waals surface area contributed by atoms with E-state index in [0.717, 1.165) is 0 Å². The van der Waals surface area contributed by atoms with E-state index in [9.17, 15) is 14.4 Å². The summed E-state index contributed by atoms with van der Waals surface area (Å²) in [7, 11) is 0. The molecule has 1 aromatic heterocycles. The van der Waals surface area contributed by atoms with E-state index >= 15 is 0 Å². The van der Waals surface area contributed by atoms with Crippen molar-refractivity contribution >= 4 is 41.0 Å². The Morgan fingerprint density at radius 1 is 1.28 bits per heavy atom. The molecule has 0 bridgehead atoms. The van der Waals surface area contributed by atoms with Gasteiger partial charge in [0.25, 0.3) is 11.8 Å². The summed E-state index contributed by atoms with van der Waals surface area (Å²) in [4.78, 5) is 42.6. The second-order valence-electron chi connectivity index (χ2n) is 3.45. The third-order valence-electron chi connectivity index (χ3n) is 2.22.